The zero-order chi connectivity index (χ0) is 12.1. The highest BCUT2D eigenvalue weighted by Crippen LogP contribution is 2.28. The Morgan fingerprint density at radius 2 is 1.67 bits per heavy atom. The fraction of sp³-hybridized carbons (Fsp3) is 0.917. The summed E-state index contributed by atoms with van der Waals surface area (Å²) in [6, 6.07) is 0. The molecule has 0 saturated carbocycles. The monoisotopic (exact) mass is 215 g/mol. The summed E-state index contributed by atoms with van der Waals surface area (Å²) in [5.74, 6) is 0.0165. The van der Waals surface area contributed by atoms with Gasteiger partial charge in [-0.2, -0.15) is 0 Å². The molecule has 0 aliphatic rings. The lowest BCUT2D eigenvalue weighted by atomic mass is 9.78. The van der Waals surface area contributed by atoms with Gasteiger partial charge in [0.05, 0.1) is 11.1 Å². The maximum Gasteiger partial charge on any atom is 0.220 e. The van der Waals surface area contributed by atoms with Crippen LogP contribution in [0.2, 0.25) is 0 Å². The fourth-order valence-electron chi connectivity index (χ4n) is 1.89. The molecule has 0 atom stereocenters. The predicted octanol–water partition coefficient (Wildman–Crippen LogP) is 2.23. The molecule has 0 aliphatic carbocycles. The van der Waals surface area contributed by atoms with Gasteiger partial charge in [0.15, 0.2) is 0 Å². The Balaban J connectivity index is 4.58. The number of nitrogens with one attached hydrogen (secondary N) is 1. The van der Waals surface area contributed by atoms with Crippen molar-refractivity contribution in [2.24, 2.45) is 0 Å². The first kappa shape index (κ1) is 14.4. The molecule has 0 aromatic rings. The summed E-state index contributed by atoms with van der Waals surface area (Å²) in [6.45, 7) is 9.62. The highest BCUT2D eigenvalue weighted by Gasteiger charge is 2.41. The normalized spacial score (nSPS) is 12.7. The number of amides is 1. The van der Waals surface area contributed by atoms with E-state index < -0.39 is 11.1 Å². The van der Waals surface area contributed by atoms with E-state index in [4.69, 9.17) is 0 Å². The summed E-state index contributed by atoms with van der Waals surface area (Å²) in [4.78, 5) is 11.5. The summed E-state index contributed by atoms with van der Waals surface area (Å²) in [7, 11) is 0. The lowest BCUT2D eigenvalue weighted by Crippen LogP contribution is -2.60. The predicted molar refractivity (Wildman–Crippen MR) is 62.7 cm³/mol. The van der Waals surface area contributed by atoms with Crippen LogP contribution in [-0.2, 0) is 4.79 Å². The highest BCUT2D eigenvalue weighted by molar-refractivity contribution is 5.76. The summed E-state index contributed by atoms with van der Waals surface area (Å²) < 4.78 is 0. The smallest absolute Gasteiger partial charge is 0.220 e. The van der Waals surface area contributed by atoms with Crippen molar-refractivity contribution in [1.29, 1.82) is 0 Å². The molecule has 1 amide bonds. The molecule has 0 bridgehead atoms. The van der Waals surface area contributed by atoms with Crippen molar-refractivity contribution in [3.63, 3.8) is 0 Å². The molecular formula is C12H25NO2. The molecule has 90 valence electrons. The van der Waals surface area contributed by atoms with Crippen LogP contribution < -0.4 is 5.32 Å². The maximum atomic E-state index is 11.5. The van der Waals surface area contributed by atoms with Crippen LogP contribution in [-0.4, -0.2) is 22.2 Å². The van der Waals surface area contributed by atoms with Gasteiger partial charge < -0.3 is 10.4 Å². The Morgan fingerprint density at radius 1 is 1.20 bits per heavy atom. The van der Waals surface area contributed by atoms with E-state index in [2.05, 4.69) is 5.32 Å². The third-order valence-electron chi connectivity index (χ3n) is 3.26. The second kappa shape index (κ2) is 5.50. The second-order valence-electron chi connectivity index (χ2n) is 4.66. The molecule has 0 saturated heterocycles. The van der Waals surface area contributed by atoms with Crippen molar-refractivity contribution in [3.8, 4) is 0 Å². The number of carbonyl (C=O) groups is 1. The number of carbonyl (C=O) groups excluding carboxylic acids is 1. The Kier molecular flexibility index (Phi) is 5.29. The van der Waals surface area contributed by atoms with Crippen LogP contribution in [0.4, 0.5) is 0 Å². The van der Waals surface area contributed by atoms with Crippen LogP contribution >= 0.6 is 0 Å². The Morgan fingerprint density at radius 3 is 2.00 bits per heavy atom. The van der Waals surface area contributed by atoms with Gasteiger partial charge in [-0.1, -0.05) is 20.8 Å². The summed E-state index contributed by atoms with van der Waals surface area (Å²) >= 11 is 0. The third kappa shape index (κ3) is 3.49. The van der Waals surface area contributed by atoms with E-state index in [-0.39, 0.29) is 5.91 Å². The number of rotatable bonds is 6. The summed E-state index contributed by atoms with van der Waals surface area (Å²) in [6.07, 6.45) is 2.64. The van der Waals surface area contributed by atoms with E-state index in [9.17, 15) is 9.90 Å². The van der Waals surface area contributed by atoms with Crippen molar-refractivity contribution >= 4 is 5.91 Å². The van der Waals surface area contributed by atoms with E-state index in [0.717, 1.165) is 6.42 Å². The Hall–Kier alpha value is -0.570. The van der Waals surface area contributed by atoms with E-state index in [0.29, 0.717) is 19.3 Å². The second-order valence-corrected chi connectivity index (χ2v) is 4.66. The standard InChI is InChI=1S/C12H25NO2/c1-6-9-10(14)13-11(4,5)12(15,7-2)8-3/h15H,6-9H2,1-5H3,(H,13,14). The minimum Gasteiger partial charge on any atom is -0.387 e. The van der Waals surface area contributed by atoms with Gasteiger partial charge >= 0.3 is 0 Å². The molecule has 3 nitrogen and oxygen atoms in total. The van der Waals surface area contributed by atoms with Crippen LogP contribution in [0.5, 0.6) is 0 Å². The lowest BCUT2D eigenvalue weighted by molar-refractivity contribution is -0.127. The summed E-state index contributed by atoms with van der Waals surface area (Å²) in [5.41, 5.74) is -1.39. The molecule has 0 unspecified atom stereocenters. The zero-order valence-corrected chi connectivity index (χ0v) is 10.7. The van der Waals surface area contributed by atoms with Crippen molar-refractivity contribution in [2.75, 3.05) is 0 Å². The van der Waals surface area contributed by atoms with Crippen molar-refractivity contribution in [2.45, 2.75) is 71.4 Å². The van der Waals surface area contributed by atoms with Crippen LogP contribution in [0.25, 0.3) is 0 Å². The molecule has 0 heterocycles. The van der Waals surface area contributed by atoms with Crippen LogP contribution in [0, 0.1) is 0 Å². The number of aliphatic hydroxyl groups is 1. The quantitative estimate of drug-likeness (QED) is 0.714. The van der Waals surface area contributed by atoms with Gasteiger partial charge in [0.25, 0.3) is 0 Å². The average Bonchev–Trinajstić information content (AvgIpc) is 2.15. The van der Waals surface area contributed by atoms with Crippen molar-refractivity contribution in [3.05, 3.63) is 0 Å². The van der Waals surface area contributed by atoms with E-state index in [1.165, 1.54) is 0 Å². The van der Waals surface area contributed by atoms with E-state index >= 15 is 0 Å². The highest BCUT2D eigenvalue weighted by atomic mass is 16.3. The van der Waals surface area contributed by atoms with Gasteiger partial charge in [0, 0.05) is 6.42 Å². The van der Waals surface area contributed by atoms with Crippen LogP contribution in [0.3, 0.4) is 0 Å². The molecule has 3 heteroatoms. The minimum atomic E-state index is -0.823. The van der Waals surface area contributed by atoms with Gasteiger partial charge in [-0.05, 0) is 33.1 Å². The van der Waals surface area contributed by atoms with Crippen molar-refractivity contribution < 1.29 is 9.90 Å². The maximum absolute atomic E-state index is 11.5. The lowest BCUT2D eigenvalue weighted by Gasteiger charge is -2.42. The largest absolute Gasteiger partial charge is 0.387 e. The number of hydrogen-bond acceptors (Lipinski definition) is 2. The average molecular weight is 215 g/mol. The molecule has 0 radical (unpaired) electrons. The topological polar surface area (TPSA) is 49.3 Å². The SMILES string of the molecule is CCCC(=O)NC(C)(C)C(O)(CC)CC. The first-order chi connectivity index (χ1) is 6.83. The summed E-state index contributed by atoms with van der Waals surface area (Å²) in [5, 5.41) is 13.3. The van der Waals surface area contributed by atoms with E-state index in [1.807, 2.05) is 34.6 Å². The fourth-order valence-corrected chi connectivity index (χ4v) is 1.89. The van der Waals surface area contributed by atoms with Gasteiger partial charge in [-0.25, -0.2) is 0 Å². The van der Waals surface area contributed by atoms with Gasteiger partial charge in [-0.15, -0.1) is 0 Å². The molecule has 0 aliphatic heterocycles. The molecule has 0 spiro atoms. The zero-order valence-electron chi connectivity index (χ0n) is 10.7. The minimum absolute atomic E-state index is 0.0165. The van der Waals surface area contributed by atoms with Crippen LogP contribution in [0.15, 0.2) is 0 Å². The molecule has 0 aromatic heterocycles. The van der Waals surface area contributed by atoms with Gasteiger partial charge in [0.1, 0.15) is 0 Å². The third-order valence-corrected chi connectivity index (χ3v) is 3.26. The Labute approximate surface area is 93.3 Å². The van der Waals surface area contributed by atoms with Gasteiger partial charge in [-0.3, -0.25) is 4.79 Å². The molecule has 0 rings (SSSR count). The number of hydrogen-bond donors (Lipinski definition) is 2. The van der Waals surface area contributed by atoms with Crippen molar-refractivity contribution in [1.82, 2.24) is 5.32 Å². The van der Waals surface area contributed by atoms with E-state index in [1.54, 1.807) is 0 Å². The van der Waals surface area contributed by atoms with Crippen LogP contribution in [0.1, 0.15) is 60.3 Å². The molecule has 15 heavy (non-hydrogen) atoms. The molecule has 2 N–H and O–H groups in total. The molecule has 0 aromatic carbocycles. The first-order valence-corrected chi connectivity index (χ1v) is 5.86. The molecule has 0 fully saturated rings. The Bertz CT molecular complexity index is 208. The van der Waals surface area contributed by atoms with Gasteiger partial charge in [0.2, 0.25) is 5.91 Å². The first-order valence-electron chi connectivity index (χ1n) is 5.86. The molecular weight excluding hydrogens is 190 g/mol.